The second-order valence-electron chi connectivity index (χ2n) is 3.85. The predicted molar refractivity (Wildman–Crippen MR) is 54.4 cm³/mol. The fourth-order valence-electron chi connectivity index (χ4n) is 1.78. The van der Waals surface area contributed by atoms with E-state index in [1.165, 1.54) is 24.8 Å². The van der Waals surface area contributed by atoms with E-state index in [0.29, 0.717) is 0 Å². The van der Waals surface area contributed by atoms with E-state index in [1.54, 1.807) is 5.54 Å². The van der Waals surface area contributed by atoms with E-state index in [2.05, 4.69) is 19.2 Å². The lowest BCUT2D eigenvalue weighted by atomic mass is 10.1. The van der Waals surface area contributed by atoms with Gasteiger partial charge < -0.3 is 5.32 Å². The number of rotatable bonds is 3. The van der Waals surface area contributed by atoms with Crippen LogP contribution in [0.2, 0.25) is 0 Å². The maximum Gasteiger partial charge on any atom is 0.0176 e. The lowest BCUT2D eigenvalue weighted by molar-refractivity contribution is 0.441. The van der Waals surface area contributed by atoms with Crippen molar-refractivity contribution in [2.24, 2.45) is 5.92 Å². The Labute approximate surface area is 80.2 Å². The highest BCUT2D eigenvalue weighted by Gasteiger charge is 2.22. The van der Waals surface area contributed by atoms with Gasteiger partial charge in [-0.15, -0.1) is 0 Å². The van der Waals surface area contributed by atoms with E-state index in [0.717, 1.165) is 18.5 Å². The highest BCUT2D eigenvalue weighted by Crippen LogP contribution is 2.24. The first-order chi connectivity index (χ1) is 5.74. The Morgan fingerprint density at radius 3 is 2.83 bits per heavy atom. The molecule has 2 atom stereocenters. The first kappa shape index (κ1) is 10.1. The van der Waals surface area contributed by atoms with Gasteiger partial charge in [0.1, 0.15) is 0 Å². The molecule has 1 aliphatic carbocycles. The van der Waals surface area contributed by atoms with Crippen LogP contribution in [-0.4, -0.2) is 12.6 Å². The van der Waals surface area contributed by atoms with Gasteiger partial charge in [0.2, 0.25) is 0 Å². The minimum absolute atomic E-state index is 0.719. The van der Waals surface area contributed by atoms with Crippen LogP contribution in [0.15, 0.2) is 11.1 Å². The van der Waals surface area contributed by atoms with Crippen LogP contribution in [0.5, 0.6) is 0 Å². The number of halogens is 1. The normalized spacial score (nSPS) is 31.1. The zero-order chi connectivity index (χ0) is 8.97. The molecule has 1 rings (SSSR count). The second-order valence-corrected chi connectivity index (χ2v) is 4.07. The highest BCUT2D eigenvalue weighted by molar-refractivity contribution is 6.25. The third kappa shape index (κ3) is 2.80. The van der Waals surface area contributed by atoms with Gasteiger partial charge in [-0.05, 0) is 31.3 Å². The minimum atomic E-state index is 0.719. The van der Waals surface area contributed by atoms with Crippen LogP contribution in [-0.2, 0) is 0 Å². The summed E-state index contributed by atoms with van der Waals surface area (Å²) in [6.45, 7) is 5.32. The van der Waals surface area contributed by atoms with Gasteiger partial charge in [0.15, 0.2) is 0 Å². The molecule has 1 aliphatic rings. The Bertz CT molecular complexity index is 165. The summed E-state index contributed by atoms with van der Waals surface area (Å²) in [7, 11) is 0. The van der Waals surface area contributed by atoms with Crippen molar-refractivity contribution in [3.8, 4) is 0 Å². The second kappa shape index (κ2) is 4.88. The van der Waals surface area contributed by atoms with Gasteiger partial charge >= 0.3 is 0 Å². The largest absolute Gasteiger partial charge is 0.310 e. The molecule has 0 saturated heterocycles. The van der Waals surface area contributed by atoms with E-state index in [9.17, 15) is 0 Å². The molecule has 0 aromatic heterocycles. The average molecular weight is 188 g/mol. The van der Waals surface area contributed by atoms with Crippen LogP contribution in [0.4, 0.5) is 0 Å². The molecule has 0 aliphatic heterocycles. The van der Waals surface area contributed by atoms with Gasteiger partial charge in [0.25, 0.3) is 0 Å². The molecular formula is C10H18ClN. The Morgan fingerprint density at radius 1 is 1.58 bits per heavy atom. The molecule has 2 unspecified atom stereocenters. The Balaban J connectivity index is 2.22. The summed E-state index contributed by atoms with van der Waals surface area (Å²) >= 11 is 5.57. The zero-order valence-corrected chi connectivity index (χ0v) is 8.69. The predicted octanol–water partition coefficient (Wildman–Crippen LogP) is 2.91. The molecule has 12 heavy (non-hydrogen) atoms. The average Bonchev–Trinajstić information content (AvgIpc) is 2.47. The summed E-state index contributed by atoms with van der Waals surface area (Å²) in [6, 6.07) is 0.719. The van der Waals surface area contributed by atoms with Crippen LogP contribution in [0, 0.1) is 5.92 Å². The van der Waals surface area contributed by atoms with Gasteiger partial charge in [-0.1, -0.05) is 24.9 Å². The topological polar surface area (TPSA) is 12.0 Å². The maximum atomic E-state index is 5.57. The summed E-state index contributed by atoms with van der Waals surface area (Å²) in [5, 5.41) is 3.53. The standard InChI is InChI=1S/C10H18ClN/c1-8(6-11)7-12-10-5-3-4-9(10)2/h6,9-10,12H,3-5,7H2,1-2H3/b8-6+. The monoisotopic (exact) mass is 187 g/mol. The molecule has 1 saturated carbocycles. The first-order valence-corrected chi connectivity index (χ1v) is 5.17. The molecule has 0 aromatic rings. The van der Waals surface area contributed by atoms with Crippen LogP contribution >= 0.6 is 11.6 Å². The number of hydrogen-bond donors (Lipinski definition) is 1. The van der Waals surface area contributed by atoms with Crippen molar-refractivity contribution in [2.45, 2.75) is 39.2 Å². The van der Waals surface area contributed by atoms with E-state index in [-0.39, 0.29) is 0 Å². The fraction of sp³-hybridized carbons (Fsp3) is 0.800. The van der Waals surface area contributed by atoms with Crippen molar-refractivity contribution >= 4 is 11.6 Å². The molecule has 0 aromatic carbocycles. The van der Waals surface area contributed by atoms with Gasteiger partial charge in [0, 0.05) is 18.1 Å². The molecule has 0 bridgehead atoms. The summed E-state index contributed by atoms with van der Waals surface area (Å²) in [4.78, 5) is 0. The van der Waals surface area contributed by atoms with Crippen molar-refractivity contribution in [1.82, 2.24) is 5.32 Å². The highest BCUT2D eigenvalue weighted by atomic mass is 35.5. The smallest absolute Gasteiger partial charge is 0.0176 e. The Hall–Kier alpha value is -0.0100. The minimum Gasteiger partial charge on any atom is -0.310 e. The Kier molecular flexibility index (Phi) is 4.10. The third-order valence-electron chi connectivity index (χ3n) is 2.69. The maximum absolute atomic E-state index is 5.57. The number of nitrogens with one attached hydrogen (secondary N) is 1. The third-order valence-corrected chi connectivity index (χ3v) is 3.06. The molecule has 2 heteroatoms. The SMILES string of the molecule is C/C(=C\Cl)CNC1CCCC1C. The summed E-state index contributed by atoms with van der Waals surface area (Å²) in [6.07, 6.45) is 4.08. The van der Waals surface area contributed by atoms with Crippen molar-refractivity contribution in [3.05, 3.63) is 11.1 Å². The van der Waals surface area contributed by atoms with Crippen molar-refractivity contribution in [3.63, 3.8) is 0 Å². The lowest BCUT2D eigenvalue weighted by Crippen LogP contribution is -2.32. The van der Waals surface area contributed by atoms with E-state index >= 15 is 0 Å². The van der Waals surface area contributed by atoms with Crippen LogP contribution in [0.3, 0.4) is 0 Å². The quantitative estimate of drug-likeness (QED) is 0.717. The van der Waals surface area contributed by atoms with E-state index < -0.39 is 0 Å². The molecule has 0 spiro atoms. The molecular weight excluding hydrogens is 170 g/mol. The fourth-order valence-corrected chi connectivity index (χ4v) is 1.86. The molecule has 1 fully saturated rings. The van der Waals surface area contributed by atoms with Crippen molar-refractivity contribution in [1.29, 1.82) is 0 Å². The van der Waals surface area contributed by atoms with E-state index in [1.807, 2.05) is 0 Å². The van der Waals surface area contributed by atoms with Gasteiger partial charge in [-0.25, -0.2) is 0 Å². The van der Waals surface area contributed by atoms with Crippen molar-refractivity contribution in [2.75, 3.05) is 6.54 Å². The van der Waals surface area contributed by atoms with Crippen LogP contribution in [0.1, 0.15) is 33.1 Å². The molecule has 1 N–H and O–H groups in total. The molecule has 70 valence electrons. The van der Waals surface area contributed by atoms with Crippen molar-refractivity contribution < 1.29 is 0 Å². The zero-order valence-electron chi connectivity index (χ0n) is 7.94. The van der Waals surface area contributed by atoms with Crippen LogP contribution in [0.25, 0.3) is 0 Å². The summed E-state index contributed by atoms with van der Waals surface area (Å²) < 4.78 is 0. The summed E-state index contributed by atoms with van der Waals surface area (Å²) in [5.41, 5.74) is 2.88. The number of hydrogen-bond acceptors (Lipinski definition) is 1. The molecule has 1 nitrogen and oxygen atoms in total. The van der Waals surface area contributed by atoms with Crippen LogP contribution < -0.4 is 5.32 Å². The van der Waals surface area contributed by atoms with Gasteiger partial charge in [-0.3, -0.25) is 0 Å². The summed E-state index contributed by atoms with van der Waals surface area (Å²) in [5.74, 6) is 0.841. The first-order valence-electron chi connectivity index (χ1n) is 4.73. The Morgan fingerprint density at radius 2 is 2.33 bits per heavy atom. The molecule has 0 amide bonds. The molecule has 0 heterocycles. The van der Waals surface area contributed by atoms with Gasteiger partial charge in [0.05, 0.1) is 0 Å². The molecule has 0 radical (unpaired) electrons. The lowest BCUT2D eigenvalue weighted by Gasteiger charge is -2.16. The van der Waals surface area contributed by atoms with Gasteiger partial charge in [-0.2, -0.15) is 0 Å². The van der Waals surface area contributed by atoms with E-state index in [4.69, 9.17) is 11.6 Å².